The maximum Gasteiger partial charge on any atom is 0.266 e. The number of nitrogens with zero attached hydrogens (tertiary/aromatic N) is 1. The number of nitrogens with one attached hydrogen (secondary N) is 2. The largest absolute Gasteiger partial charge is 0.350 e. The van der Waals surface area contributed by atoms with E-state index in [1.165, 1.54) is 12.1 Å². The molecule has 0 saturated carbocycles. The summed E-state index contributed by atoms with van der Waals surface area (Å²) >= 11 is 0. The fraction of sp³-hybridized carbons (Fsp3) is 0.350. The van der Waals surface area contributed by atoms with Crippen molar-refractivity contribution in [2.24, 2.45) is 0 Å². The van der Waals surface area contributed by atoms with Crippen LogP contribution in [-0.2, 0) is 21.1 Å². The lowest BCUT2D eigenvalue weighted by Crippen LogP contribution is -2.27. The number of benzene rings is 1. The van der Waals surface area contributed by atoms with E-state index in [-0.39, 0.29) is 28.8 Å². The van der Waals surface area contributed by atoms with Crippen molar-refractivity contribution in [3.63, 3.8) is 0 Å². The molecule has 8 heteroatoms. The first-order chi connectivity index (χ1) is 13.0. The molecule has 1 heterocycles. The number of nitriles is 1. The molecule has 0 unspecified atom stereocenters. The van der Waals surface area contributed by atoms with Gasteiger partial charge in [-0.1, -0.05) is 12.1 Å². The number of aromatic amines is 1. The summed E-state index contributed by atoms with van der Waals surface area (Å²) < 4.78 is 23.0. The molecule has 0 bridgehead atoms. The number of amides is 1. The first-order valence-electron chi connectivity index (χ1n) is 8.76. The summed E-state index contributed by atoms with van der Waals surface area (Å²) in [6.45, 7) is 5.27. The highest BCUT2D eigenvalue weighted by Crippen LogP contribution is 2.18. The minimum absolute atomic E-state index is 0.0698. The van der Waals surface area contributed by atoms with Crippen LogP contribution in [0.4, 0.5) is 0 Å². The molecule has 2 aromatic rings. The van der Waals surface area contributed by atoms with E-state index in [4.69, 9.17) is 5.26 Å². The van der Waals surface area contributed by atoms with Crippen LogP contribution in [-0.4, -0.2) is 25.6 Å². The smallest absolute Gasteiger partial charge is 0.266 e. The van der Waals surface area contributed by atoms with E-state index in [1.807, 2.05) is 13.0 Å². The van der Waals surface area contributed by atoms with Gasteiger partial charge in [-0.05, 0) is 56.0 Å². The van der Waals surface area contributed by atoms with Crippen molar-refractivity contribution in [1.82, 2.24) is 10.3 Å². The molecule has 2 N–H and O–H groups in total. The molecule has 0 saturated heterocycles. The van der Waals surface area contributed by atoms with Crippen LogP contribution >= 0.6 is 0 Å². The van der Waals surface area contributed by atoms with Gasteiger partial charge in [0.2, 0.25) is 5.91 Å². The van der Waals surface area contributed by atoms with Crippen molar-refractivity contribution >= 4 is 15.7 Å². The van der Waals surface area contributed by atoms with Gasteiger partial charge in [0.05, 0.1) is 10.9 Å². The zero-order chi connectivity index (χ0) is 21.1. The fourth-order valence-corrected chi connectivity index (χ4v) is 3.69. The van der Waals surface area contributed by atoms with E-state index >= 15 is 0 Å². The van der Waals surface area contributed by atoms with Crippen LogP contribution in [0.1, 0.15) is 47.3 Å². The van der Waals surface area contributed by atoms with Crippen molar-refractivity contribution < 1.29 is 13.2 Å². The summed E-state index contributed by atoms with van der Waals surface area (Å²) in [5.74, 6) is -0.178. The third-order valence-electron chi connectivity index (χ3n) is 4.71. The van der Waals surface area contributed by atoms with Gasteiger partial charge in [-0.15, -0.1) is 0 Å². The number of rotatable bonds is 6. The van der Waals surface area contributed by atoms with E-state index in [0.29, 0.717) is 17.7 Å². The highest BCUT2D eigenvalue weighted by atomic mass is 32.2. The fourth-order valence-electron chi connectivity index (χ4n) is 3.06. The van der Waals surface area contributed by atoms with Crippen molar-refractivity contribution in [2.45, 2.75) is 44.6 Å². The standard InChI is InChI=1S/C20H23N3O4S/c1-12-17(14(3)23-20(25)18(12)11-21)9-10-19(24)22-13(2)15-5-7-16(8-6-15)28(4,26)27/h5-8,13H,9-10H2,1-4H3,(H,22,24)(H,23,25)/t13-/m0/s1. The zero-order valence-electron chi connectivity index (χ0n) is 16.3. The second-order valence-corrected chi connectivity index (χ2v) is 8.82. The number of H-pyrrole nitrogens is 1. The molecule has 0 radical (unpaired) electrons. The number of aryl methyl sites for hydroxylation is 1. The van der Waals surface area contributed by atoms with Crippen LogP contribution in [0.15, 0.2) is 34.0 Å². The summed E-state index contributed by atoms with van der Waals surface area (Å²) in [6, 6.07) is 8.01. The molecule has 2 rings (SSSR count). The molecular weight excluding hydrogens is 378 g/mol. The van der Waals surface area contributed by atoms with Gasteiger partial charge >= 0.3 is 0 Å². The minimum atomic E-state index is -3.26. The molecule has 28 heavy (non-hydrogen) atoms. The molecule has 1 aromatic heterocycles. The second kappa shape index (κ2) is 8.40. The molecule has 1 aromatic carbocycles. The first kappa shape index (κ1) is 21.4. The molecular formula is C20H23N3O4S. The van der Waals surface area contributed by atoms with Gasteiger partial charge in [0.25, 0.3) is 5.56 Å². The molecule has 0 aliphatic rings. The van der Waals surface area contributed by atoms with E-state index in [2.05, 4.69) is 10.3 Å². The predicted molar refractivity (Wildman–Crippen MR) is 106 cm³/mol. The Morgan fingerprint density at radius 2 is 1.86 bits per heavy atom. The SMILES string of the molecule is Cc1[nH]c(=O)c(C#N)c(C)c1CCC(=O)N[C@@H](C)c1ccc(S(C)(=O)=O)cc1. The Morgan fingerprint density at radius 1 is 1.25 bits per heavy atom. The molecule has 1 atom stereocenters. The Labute approximate surface area is 164 Å². The number of pyridine rings is 1. The number of hydrogen-bond acceptors (Lipinski definition) is 5. The van der Waals surface area contributed by atoms with E-state index < -0.39 is 15.4 Å². The second-order valence-electron chi connectivity index (χ2n) is 6.80. The Hall–Kier alpha value is -2.92. The maximum atomic E-state index is 12.3. The van der Waals surface area contributed by atoms with Gasteiger partial charge in [-0.3, -0.25) is 9.59 Å². The van der Waals surface area contributed by atoms with Crippen LogP contribution in [0.25, 0.3) is 0 Å². The topological polar surface area (TPSA) is 120 Å². The number of carbonyl (C=O) groups is 1. The third-order valence-corrected chi connectivity index (χ3v) is 5.84. The predicted octanol–water partition coefficient (Wildman–Crippen LogP) is 2.08. The van der Waals surface area contributed by atoms with Gasteiger partial charge < -0.3 is 10.3 Å². The number of carbonyl (C=O) groups excluding carboxylic acids is 1. The quantitative estimate of drug-likeness (QED) is 0.768. The normalized spacial score (nSPS) is 12.2. The van der Waals surface area contributed by atoms with Gasteiger partial charge in [-0.25, -0.2) is 8.42 Å². The lowest BCUT2D eigenvalue weighted by atomic mass is 9.99. The Kier molecular flexibility index (Phi) is 6.41. The summed E-state index contributed by atoms with van der Waals surface area (Å²) in [7, 11) is -3.26. The van der Waals surface area contributed by atoms with Crippen molar-refractivity contribution in [1.29, 1.82) is 5.26 Å². The molecule has 0 aliphatic carbocycles. The Bertz CT molecular complexity index is 1090. The molecule has 1 amide bonds. The van der Waals surface area contributed by atoms with Gasteiger partial charge in [0.15, 0.2) is 9.84 Å². The number of sulfone groups is 1. The van der Waals surface area contributed by atoms with Crippen molar-refractivity contribution in [2.75, 3.05) is 6.26 Å². The molecule has 7 nitrogen and oxygen atoms in total. The van der Waals surface area contributed by atoms with E-state index in [0.717, 1.165) is 17.4 Å². The number of hydrogen-bond donors (Lipinski definition) is 2. The summed E-state index contributed by atoms with van der Waals surface area (Å²) in [5.41, 5.74) is 2.48. The third kappa shape index (κ3) is 4.87. The summed E-state index contributed by atoms with van der Waals surface area (Å²) in [6.07, 6.45) is 1.74. The number of aromatic nitrogens is 1. The van der Waals surface area contributed by atoms with Gasteiger partial charge in [0.1, 0.15) is 11.6 Å². The van der Waals surface area contributed by atoms with E-state index in [1.54, 1.807) is 26.0 Å². The molecule has 0 fully saturated rings. The molecule has 0 aliphatic heterocycles. The highest BCUT2D eigenvalue weighted by Gasteiger charge is 2.15. The van der Waals surface area contributed by atoms with E-state index in [9.17, 15) is 18.0 Å². The average molecular weight is 401 g/mol. The van der Waals surface area contributed by atoms with Gasteiger partial charge in [0, 0.05) is 18.4 Å². The molecule has 0 spiro atoms. The maximum absolute atomic E-state index is 12.3. The van der Waals surface area contributed by atoms with Crippen molar-refractivity contribution in [3.8, 4) is 6.07 Å². The highest BCUT2D eigenvalue weighted by molar-refractivity contribution is 7.90. The zero-order valence-corrected chi connectivity index (χ0v) is 17.1. The van der Waals surface area contributed by atoms with Crippen LogP contribution in [0, 0.1) is 25.2 Å². The van der Waals surface area contributed by atoms with Crippen LogP contribution in [0.2, 0.25) is 0 Å². The van der Waals surface area contributed by atoms with Crippen LogP contribution in [0.5, 0.6) is 0 Å². The Morgan fingerprint density at radius 3 is 2.39 bits per heavy atom. The van der Waals surface area contributed by atoms with Crippen molar-refractivity contribution in [3.05, 3.63) is 62.6 Å². The minimum Gasteiger partial charge on any atom is -0.350 e. The lowest BCUT2D eigenvalue weighted by molar-refractivity contribution is -0.121. The van der Waals surface area contributed by atoms with Crippen LogP contribution in [0.3, 0.4) is 0 Å². The lowest BCUT2D eigenvalue weighted by Gasteiger charge is -2.16. The summed E-state index contributed by atoms with van der Waals surface area (Å²) in [5, 5.41) is 12.0. The summed E-state index contributed by atoms with van der Waals surface area (Å²) in [4.78, 5) is 27.0. The monoisotopic (exact) mass is 401 g/mol. The average Bonchev–Trinajstić information content (AvgIpc) is 2.61. The Balaban J connectivity index is 2.05. The van der Waals surface area contributed by atoms with Crippen LogP contribution < -0.4 is 10.9 Å². The van der Waals surface area contributed by atoms with Gasteiger partial charge in [-0.2, -0.15) is 5.26 Å². The first-order valence-corrected chi connectivity index (χ1v) is 10.7. The molecule has 148 valence electrons.